The molecular weight excluding hydrogens is 236 g/mol. The molecule has 0 saturated heterocycles. The van der Waals surface area contributed by atoms with E-state index in [9.17, 15) is 4.39 Å². The van der Waals surface area contributed by atoms with Gasteiger partial charge in [0.05, 0.1) is 0 Å². The molecule has 0 heterocycles. The van der Waals surface area contributed by atoms with Crippen LogP contribution in [0.5, 0.6) is 0 Å². The highest BCUT2D eigenvalue weighted by molar-refractivity contribution is 6.58. The highest BCUT2D eigenvalue weighted by Crippen LogP contribution is 2.05. The van der Waals surface area contributed by atoms with E-state index in [0.717, 1.165) is 18.5 Å². The van der Waals surface area contributed by atoms with Crippen molar-refractivity contribution in [3.63, 3.8) is 0 Å². The summed E-state index contributed by atoms with van der Waals surface area (Å²) in [5.74, 6) is -0.601. The van der Waals surface area contributed by atoms with Gasteiger partial charge in [-0.2, -0.15) is 0 Å². The minimum atomic E-state index is -1.77. The summed E-state index contributed by atoms with van der Waals surface area (Å²) < 4.78 is 18.2. The minimum Gasteiger partial charge on any atom is -0.423 e. The lowest BCUT2D eigenvalue weighted by molar-refractivity contribution is 0.178. The van der Waals surface area contributed by atoms with Gasteiger partial charge >= 0.3 is 7.12 Å². The lowest BCUT2D eigenvalue weighted by Crippen LogP contribution is -2.33. The summed E-state index contributed by atoms with van der Waals surface area (Å²) in [6.07, 6.45) is 0.920. The molecule has 0 atom stereocenters. The first-order chi connectivity index (χ1) is 8.54. The van der Waals surface area contributed by atoms with E-state index in [1.165, 1.54) is 12.1 Å². The zero-order valence-corrected chi connectivity index (χ0v) is 10.8. The van der Waals surface area contributed by atoms with Crippen LogP contribution in [0.15, 0.2) is 18.2 Å². The van der Waals surface area contributed by atoms with Crippen molar-refractivity contribution in [3.05, 3.63) is 29.6 Å². The Morgan fingerprint density at radius 3 is 2.72 bits per heavy atom. The van der Waals surface area contributed by atoms with Gasteiger partial charge in [0.25, 0.3) is 0 Å². The third-order valence-corrected chi connectivity index (χ3v) is 2.68. The van der Waals surface area contributed by atoms with Crippen LogP contribution in [0.25, 0.3) is 0 Å². The van der Waals surface area contributed by atoms with E-state index in [1.54, 1.807) is 13.2 Å². The Labute approximate surface area is 107 Å². The molecule has 0 spiro atoms. The fraction of sp³-hybridized carbons (Fsp3) is 0.500. The Hall–Kier alpha value is -0.945. The number of methoxy groups -OCH3 is 1. The molecule has 1 aromatic rings. The first kappa shape index (κ1) is 15.1. The molecule has 0 aliphatic rings. The summed E-state index contributed by atoms with van der Waals surface area (Å²) in [6.45, 7) is 2.19. The van der Waals surface area contributed by atoms with Crippen molar-refractivity contribution >= 4 is 12.6 Å². The fourth-order valence-electron chi connectivity index (χ4n) is 1.76. The molecule has 0 aliphatic heterocycles. The average molecular weight is 255 g/mol. The molecule has 0 aliphatic carbocycles. The molecule has 1 rings (SSSR count). The largest absolute Gasteiger partial charge is 0.491 e. The van der Waals surface area contributed by atoms with Crippen molar-refractivity contribution in [2.75, 3.05) is 27.3 Å². The van der Waals surface area contributed by atoms with Crippen LogP contribution in [0.3, 0.4) is 0 Å². The van der Waals surface area contributed by atoms with E-state index in [4.69, 9.17) is 14.8 Å². The van der Waals surface area contributed by atoms with Crippen LogP contribution in [0.1, 0.15) is 12.0 Å². The molecule has 100 valence electrons. The van der Waals surface area contributed by atoms with Crippen LogP contribution in [-0.2, 0) is 11.3 Å². The average Bonchev–Trinajstić information content (AvgIpc) is 2.31. The summed E-state index contributed by atoms with van der Waals surface area (Å²) in [7, 11) is 1.84. The molecule has 1 aromatic carbocycles. The SMILES string of the molecule is COCCCN(C)Cc1ccc(F)c(B(O)O)c1. The fourth-order valence-corrected chi connectivity index (χ4v) is 1.76. The summed E-state index contributed by atoms with van der Waals surface area (Å²) in [4.78, 5) is 2.07. The van der Waals surface area contributed by atoms with Crippen molar-refractivity contribution in [2.24, 2.45) is 0 Å². The van der Waals surface area contributed by atoms with Crippen LogP contribution in [0, 0.1) is 5.82 Å². The van der Waals surface area contributed by atoms with E-state index < -0.39 is 12.9 Å². The highest BCUT2D eigenvalue weighted by atomic mass is 19.1. The molecule has 0 aromatic heterocycles. The van der Waals surface area contributed by atoms with Crippen molar-refractivity contribution in [1.82, 2.24) is 4.90 Å². The second-order valence-corrected chi connectivity index (χ2v) is 4.31. The van der Waals surface area contributed by atoms with Crippen LogP contribution < -0.4 is 5.46 Å². The Morgan fingerprint density at radius 2 is 2.11 bits per heavy atom. The van der Waals surface area contributed by atoms with Gasteiger partial charge in [0.1, 0.15) is 5.82 Å². The lowest BCUT2D eigenvalue weighted by Gasteiger charge is -2.17. The van der Waals surface area contributed by atoms with E-state index >= 15 is 0 Å². The number of benzene rings is 1. The van der Waals surface area contributed by atoms with Gasteiger partial charge in [0.15, 0.2) is 0 Å². The topological polar surface area (TPSA) is 52.9 Å². The minimum absolute atomic E-state index is 0.0854. The van der Waals surface area contributed by atoms with Crippen LogP contribution in [-0.4, -0.2) is 49.4 Å². The quantitative estimate of drug-likeness (QED) is 0.531. The molecule has 0 radical (unpaired) electrons. The molecule has 0 saturated carbocycles. The second-order valence-electron chi connectivity index (χ2n) is 4.31. The zero-order chi connectivity index (χ0) is 13.5. The molecule has 0 amide bonds. The second kappa shape index (κ2) is 7.48. The van der Waals surface area contributed by atoms with E-state index in [-0.39, 0.29) is 5.46 Å². The van der Waals surface area contributed by atoms with Crippen molar-refractivity contribution in [3.8, 4) is 0 Å². The van der Waals surface area contributed by atoms with Gasteiger partial charge in [-0.25, -0.2) is 4.39 Å². The number of halogens is 1. The summed E-state index contributed by atoms with van der Waals surface area (Å²) in [6, 6.07) is 4.38. The standard InChI is InChI=1S/C12H19BFNO3/c1-15(6-3-7-18-2)9-10-4-5-12(14)11(8-10)13(16)17/h4-5,8,16-17H,3,6-7,9H2,1-2H3. The molecule has 0 bridgehead atoms. The van der Waals surface area contributed by atoms with Crippen molar-refractivity contribution < 1.29 is 19.2 Å². The van der Waals surface area contributed by atoms with Gasteiger partial charge in [-0.3, -0.25) is 0 Å². The van der Waals surface area contributed by atoms with E-state index in [0.29, 0.717) is 13.2 Å². The first-order valence-corrected chi connectivity index (χ1v) is 5.86. The van der Waals surface area contributed by atoms with Gasteiger partial charge in [-0.15, -0.1) is 0 Å². The summed E-state index contributed by atoms with van der Waals surface area (Å²) >= 11 is 0. The van der Waals surface area contributed by atoms with Gasteiger partial charge in [-0.1, -0.05) is 12.1 Å². The van der Waals surface area contributed by atoms with Gasteiger partial charge in [-0.05, 0) is 25.1 Å². The predicted octanol–water partition coefficient (Wildman–Crippen LogP) is -0.0262. The predicted molar refractivity (Wildman–Crippen MR) is 69.1 cm³/mol. The molecule has 2 N–H and O–H groups in total. The number of ether oxygens (including phenoxy) is 1. The molecule has 6 heteroatoms. The van der Waals surface area contributed by atoms with Gasteiger partial charge in [0, 0.05) is 32.3 Å². The maximum absolute atomic E-state index is 13.3. The monoisotopic (exact) mass is 255 g/mol. The maximum atomic E-state index is 13.3. The van der Waals surface area contributed by atoms with E-state index in [2.05, 4.69) is 4.90 Å². The zero-order valence-electron chi connectivity index (χ0n) is 10.8. The smallest absolute Gasteiger partial charge is 0.423 e. The summed E-state index contributed by atoms with van der Waals surface area (Å²) in [5.41, 5.74) is 0.761. The van der Waals surface area contributed by atoms with Gasteiger partial charge in [0.2, 0.25) is 0 Å². The summed E-state index contributed by atoms with van der Waals surface area (Å²) in [5, 5.41) is 18.0. The van der Waals surface area contributed by atoms with Gasteiger partial charge < -0.3 is 19.7 Å². The van der Waals surface area contributed by atoms with Crippen molar-refractivity contribution in [2.45, 2.75) is 13.0 Å². The van der Waals surface area contributed by atoms with E-state index in [1.807, 2.05) is 7.05 Å². The maximum Gasteiger partial charge on any atom is 0.491 e. The van der Waals surface area contributed by atoms with Crippen molar-refractivity contribution in [1.29, 1.82) is 0 Å². The third kappa shape index (κ3) is 4.74. The van der Waals surface area contributed by atoms with Crippen LogP contribution in [0.2, 0.25) is 0 Å². The van der Waals surface area contributed by atoms with Crippen LogP contribution >= 0.6 is 0 Å². The molecule has 4 nitrogen and oxygen atoms in total. The first-order valence-electron chi connectivity index (χ1n) is 5.86. The Kier molecular flexibility index (Phi) is 6.28. The van der Waals surface area contributed by atoms with Crippen LogP contribution in [0.4, 0.5) is 4.39 Å². The molecular formula is C12H19BFNO3. The molecule has 0 unspecified atom stereocenters. The molecule has 0 fully saturated rings. The Bertz CT molecular complexity index is 376. The highest BCUT2D eigenvalue weighted by Gasteiger charge is 2.17. The lowest BCUT2D eigenvalue weighted by atomic mass is 9.79. The molecule has 18 heavy (non-hydrogen) atoms. The Balaban J connectivity index is 2.59. The number of nitrogens with zero attached hydrogens (tertiary/aromatic N) is 1. The third-order valence-electron chi connectivity index (χ3n) is 2.68. The normalized spacial score (nSPS) is 11.0. The number of hydrogen-bond donors (Lipinski definition) is 2. The number of rotatable bonds is 7. The Morgan fingerprint density at radius 1 is 1.39 bits per heavy atom. The number of hydrogen-bond acceptors (Lipinski definition) is 4.